The van der Waals surface area contributed by atoms with Crippen molar-refractivity contribution >= 4 is 17.6 Å². The monoisotopic (exact) mass is 245 g/mol. The molecular formula is C12H11N3O3. The minimum atomic E-state index is -0.996. The van der Waals surface area contributed by atoms with Crippen LogP contribution in [0.15, 0.2) is 30.5 Å². The van der Waals surface area contributed by atoms with Gasteiger partial charge in [-0.2, -0.15) is 5.10 Å². The van der Waals surface area contributed by atoms with Crippen LogP contribution in [0, 0.1) is 6.92 Å². The maximum Gasteiger partial charge on any atom is 0.335 e. The Morgan fingerprint density at radius 3 is 2.67 bits per heavy atom. The molecule has 0 radical (unpaired) electrons. The van der Waals surface area contributed by atoms with Crippen molar-refractivity contribution in [2.75, 3.05) is 5.32 Å². The predicted molar refractivity (Wildman–Crippen MR) is 64.7 cm³/mol. The summed E-state index contributed by atoms with van der Waals surface area (Å²) in [5.74, 6) is -1.32. The molecule has 1 amide bonds. The van der Waals surface area contributed by atoms with Crippen LogP contribution < -0.4 is 5.32 Å². The smallest absolute Gasteiger partial charge is 0.335 e. The lowest BCUT2D eigenvalue weighted by Gasteiger charge is -2.07. The zero-order valence-electron chi connectivity index (χ0n) is 9.60. The first-order valence-corrected chi connectivity index (χ1v) is 5.22. The number of aromatic carboxylic acids is 1. The fourth-order valence-corrected chi connectivity index (χ4v) is 1.51. The van der Waals surface area contributed by atoms with Gasteiger partial charge in [0, 0.05) is 11.9 Å². The summed E-state index contributed by atoms with van der Waals surface area (Å²) in [7, 11) is 0. The highest BCUT2D eigenvalue weighted by molar-refractivity contribution is 6.03. The van der Waals surface area contributed by atoms with E-state index in [9.17, 15) is 9.59 Å². The topological polar surface area (TPSA) is 95.1 Å². The average Bonchev–Trinajstić information content (AvgIpc) is 2.85. The summed E-state index contributed by atoms with van der Waals surface area (Å²) in [5.41, 5.74) is 1.78. The molecule has 1 aromatic carbocycles. The molecule has 0 aliphatic carbocycles. The molecule has 2 aromatic rings. The number of aryl methyl sites for hydroxylation is 1. The summed E-state index contributed by atoms with van der Waals surface area (Å²) in [6.07, 6.45) is 1.48. The Morgan fingerprint density at radius 1 is 1.33 bits per heavy atom. The SMILES string of the molecule is Cc1cc(C(=O)O)ccc1NC(=O)c1ccn[nH]1. The number of H-pyrrole nitrogens is 1. The molecule has 0 bridgehead atoms. The van der Waals surface area contributed by atoms with Crippen molar-refractivity contribution in [2.24, 2.45) is 0 Å². The molecule has 0 saturated carbocycles. The number of aromatic nitrogens is 2. The number of amides is 1. The average molecular weight is 245 g/mol. The van der Waals surface area contributed by atoms with Crippen molar-refractivity contribution in [3.63, 3.8) is 0 Å². The molecule has 18 heavy (non-hydrogen) atoms. The Hall–Kier alpha value is -2.63. The molecule has 0 unspecified atom stereocenters. The summed E-state index contributed by atoms with van der Waals surface area (Å²) in [6, 6.07) is 6.06. The summed E-state index contributed by atoms with van der Waals surface area (Å²) < 4.78 is 0. The third-order valence-electron chi connectivity index (χ3n) is 2.47. The molecule has 1 aromatic heterocycles. The Bertz CT molecular complexity index is 591. The van der Waals surface area contributed by atoms with Gasteiger partial charge < -0.3 is 10.4 Å². The molecular weight excluding hydrogens is 234 g/mol. The van der Waals surface area contributed by atoms with E-state index in [1.54, 1.807) is 19.1 Å². The molecule has 2 rings (SSSR count). The lowest BCUT2D eigenvalue weighted by Crippen LogP contribution is -2.13. The number of aromatic amines is 1. The maximum atomic E-state index is 11.7. The third-order valence-corrected chi connectivity index (χ3v) is 2.47. The van der Waals surface area contributed by atoms with E-state index in [1.807, 2.05) is 0 Å². The molecule has 6 heteroatoms. The summed E-state index contributed by atoms with van der Waals surface area (Å²) in [4.78, 5) is 22.5. The number of carboxylic acids is 1. The van der Waals surface area contributed by atoms with E-state index in [-0.39, 0.29) is 11.5 Å². The Morgan fingerprint density at radius 2 is 2.11 bits per heavy atom. The number of nitrogens with one attached hydrogen (secondary N) is 2. The minimum Gasteiger partial charge on any atom is -0.478 e. The van der Waals surface area contributed by atoms with Crippen molar-refractivity contribution in [3.05, 3.63) is 47.3 Å². The van der Waals surface area contributed by atoms with Gasteiger partial charge in [0.2, 0.25) is 0 Å². The van der Waals surface area contributed by atoms with Crippen LogP contribution in [0.2, 0.25) is 0 Å². The predicted octanol–water partition coefficient (Wildman–Crippen LogP) is 1.67. The van der Waals surface area contributed by atoms with Crippen LogP contribution in [-0.4, -0.2) is 27.2 Å². The first kappa shape index (κ1) is 11.8. The van der Waals surface area contributed by atoms with Crippen LogP contribution in [0.4, 0.5) is 5.69 Å². The second-order valence-electron chi connectivity index (χ2n) is 3.76. The number of rotatable bonds is 3. The zero-order chi connectivity index (χ0) is 13.1. The van der Waals surface area contributed by atoms with Crippen LogP contribution in [-0.2, 0) is 0 Å². The number of anilines is 1. The number of benzene rings is 1. The summed E-state index contributed by atoms with van der Waals surface area (Å²) in [6.45, 7) is 1.73. The molecule has 0 atom stereocenters. The highest BCUT2D eigenvalue weighted by atomic mass is 16.4. The van der Waals surface area contributed by atoms with Crippen LogP contribution in [0.3, 0.4) is 0 Å². The van der Waals surface area contributed by atoms with Crippen LogP contribution in [0.5, 0.6) is 0 Å². The molecule has 92 valence electrons. The van der Waals surface area contributed by atoms with Gasteiger partial charge >= 0.3 is 5.97 Å². The van der Waals surface area contributed by atoms with E-state index in [2.05, 4.69) is 15.5 Å². The fraction of sp³-hybridized carbons (Fsp3) is 0.0833. The molecule has 1 heterocycles. The van der Waals surface area contributed by atoms with Crippen molar-refractivity contribution < 1.29 is 14.7 Å². The number of nitrogens with zero attached hydrogens (tertiary/aromatic N) is 1. The van der Waals surface area contributed by atoms with Gasteiger partial charge in [0.15, 0.2) is 0 Å². The van der Waals surface area contributed by atoms with Gasteiger partial charge in [0.1, 0.15) is 5.69 Å². The second-order valence-corrected chi connectivity index (χ2v) is 3.76. The molecule has 0 fully saturated rings. The van der Waals surface area contributed by atoms with Crippen molar-refractivity contribution in [2.45, 2.75) is 6.92 Å². The Labute approximate surface area is 103 Å². The largest absolute Gasteiger partial charge is 0.478 e. The first-order chi connectivity index (χ1) is 8.58. The number of hydrogen-bond donors (Lipinski definition) is 3. The van der Waals surface area contributed by atoms with Gasteiger partial charge in [-0.25, -0.2) is 4.79 Å². The van der Waals surface area contributed by atoms with Gasteiger partial charge in [0.25, 0.3) is 5.91 Å². The minimum absolute atomic E-state index is 0.187. The van der Waals surface area contributed by atoms with E-state index in [0.717, 1.165) is 0 Å². The van der Waals surface area contributed by atoms with Gasteiger partial charge in [-0.05, 0) is 36.8 Å². The molecule has 3 N–H and O–H groups in total. The molecule has 0 aliphatic rings. The lowest BCUT2D eigenvalue weighted by atomic mass is 10.1. The van der Waals surface area contributed by atoms with Gasteiger partial charge in [-0.1, -0.05) is 0 Å². The highest BCUT2D eigenvalue weighted by Gasteiger charge is 2.10. The van der Waals surface area contributed by atoms with E-state index < -0.39 is 5.97 Å². The normalized spacial score (nSPS) is 10.1. The first-order valence-electron chi connectivity index (χ1n) is 5.22. The lowest BCUT2D eigenvalue weighted by molar-refractivity contribution is 0.0696. The van der Waals surface area contributed by atoms with E-state index in [4.69, 9.17) is 5.11 Å². The maximum absolute atomic E-state index is 11.7. The fourth-order valence-electron chi connectivity index (χ4n) is 1.51. The molecule has 0 saturated heterocycles. The standard InChI is InChI=1S/C12H11N3O3/c1-7-6-8(12(17)18)2-3-9(7)14-11(16)10-4-5-13-15-10/h2-6H,1H3,(H,13,15)(H,14,16)(H,17,18). The quantitative estimate of drug-likeness (QED) is 0.766. The molecule has 0 aliphatic heterocycles. The van der Waals surface area contributed by atoms with Crippen LogP contribution in [0.1, 0.15) is 26.4 Å². The zero-order valence-corrected chi connectivity index (χ0v) is 9.60. The van der Waals surface area contributed by atoms with Gasteiger partial charge in [-0.3, -0.25) is 9.89 Å². The molecule has 0 spiro atoms. The number of carbonyl (C=O) groups is 2. The van der Waals surface area contributed by atoms with Crippen molar-refractivity contribution in [1.82, 2.24) is 10.2 Å². The van der Waals surface area contributed by atoms with Crippen molar-refractivity contribution in [3.8, 4) is 0 Å². The summed E-state index contributed by atoms with van der Waals surface area (Å²) in [5, 5.41) is 17.7. The Balaban J connectivity index is 2.20. The van der Waals surface area contributed by atoms with E-state index in [1.165, 1.54) is 18.3 Å². The van der Waals surface area contributed by atoms with E-state index in [0.29, 0.717) is 16.9 Å². The number of hydrogen-bond acceptors (Lipinski definition) is 3. The van der Waals surface area contributed by atoms with E-state index >= 15 is 0 Å². The summed E-state index contributed by atoms with van der Waals surface area (Å²) >= 11 is 0. The van der Waals surface area contributed by atoms with Gasteiger partial charge in [0.05, 0.1) is 5.56 Å². The van der Waals surface area contributed by atoms with Gasteiger partial charge in [-0.15, -0.1) is 0 Å². The van der Waals surface area contributed by atoms with Crippen molar-refractivity contribution in [1.29, 1.82) is 0 Å². The Kier molecular flexibility index (Phi) is 3.09. The highest BCUT2D eigenvalue weighted by Crippen LogP contribution is 2.17. The van der Waals surface area contributed by atoms with Crippen LogP contribution in [0.25, 0.3) is 0 Å². The third kappa shape index (κ3) is 2.37. The second kappa shape index (κ2) is 4.70. The number of carbonyl (C=O) groups excluding carboxylic acids is 1. The number of carboxylic acid groups (broad SMARTS) is 1. The van der Waals surface area contributed by atoms with Crippen LogP contribution >= 0.6 is 0 Å². The molecule has 6 nitrogen and oxygen atoms in total.